The van der Waals surface area contributed by atoms with Crippen molar-refractivity contribution in [1.82, 2.24) is 4.98 Å². The van der Waals surface area contributed by atoms with Crippen molar-refractivity contribution in [2.24, 2.45) is 0 Å². The van der Waals surface area contributed by atoms with Gasteiger partial charge in [0.15, 0.2) is 0 Å². The van der Waals surface area contributed by atoms with E-state index in [1.807, 2.05) is 18.2 Å². The third-order valence-electron chi connectivity index (χ3n) is 5.29. The van der Waals surface area contributed by atoms with Crippen molar-refractivity contribution >= 4 is 5.97 Å². The second kappa shape index (κ2) is 9.65. The number of esters is 1. The number of aliphatic hydroxyl groups is 1. The van der Waals surface area contributed by atoms with E-state index in [4.69, 9.17) is 4.74 Å². The Bertz CT molecular complexity index is 758. The number of rotatable bonds is 9. The van der Waals surface area contributed by atoms with E-state index in [9.17, 15) is 9.90 Å². The number of fused-ring (bicyclic) bond motifs is 1. The molecule has 0 saturated heterocycles. The summed E-state index contributed by atoms with van der Waals surface area (Å²) in [5.41, 5.74) is 4.39. The van der Waals surface area contributed by atoms with Crippen molar-refractivity contribution < 1.29 is 14.6 Å². The first kappa shape index (κ1) is 19.6. The van der Waals surface area contributed by atoms with Gasteiger partial charge in [-0.05, 0) is 54.2 Å². The molecule has 0 fully saturated rings. The number of aromatic nitrogens is 1. The lowest BCUT2D eigenvalue weighted by molar-refractivity contribution is -0.135. The predicted octanol–water partition coefficient (Wildman–Crippen LogP) is 4.57. The lowest BCUT2D eigenvalue weighted by Gasteiger charge is -2.28. The lowest BCUT2D eigenvalue weighted by atomic mass is 9.82. The molecule has 4 nitrogen and oxygen atoms in total. The summed E-state index contributed by atoms with van der Waals surface area (Å²) < 4.78 is 5.62. The van der Waals surface area contributed by atoms with Gasteiger partial charge in [0.2, 0.25) is 0 Å². The minimum Gasteiger partial charge on any atom is -0.426 e. The number of benzene rings is 1. The van der Waals surface area contributed by atoms with Crippen molar-refractivity contribution in [2.45, 2.75) is 64.2 Å². The van der Waals surface area contributed by atoms with Crippen LogP contribution in [0, 0.1) is 0 Å². The third kappa shape index (κ3) is 4.95. The molecular formula is C23H29NO3. The number of nitrogens with zero attached hydrogens (tertiary/aromatic N) is 1. The maximum atomic E-state index is 12.2. The molecule has 0 radical (unpaired) electrons. The Morgan fingerprint density at radius 1 is 1.11 bits per heavy atom. The molecule has 144 valence electrons. The van der Waals surface area contributed by atoms with Crippen LogP contribution >= 0.6 is 0 Å². The van der Waals surface area contributed by atoms with Crippen LogP contribution < -0.4 is 4.74 Å². The molecule has 2 heterocycles. The molecule has 0 bridgehead atoms. The number of pyridine rings is 1. The van der Waals surface area contributed by atoms with Gasteiger partial charge in [-0.25, -0.2) is 0 Å². The highest BCUT2D eigenvalue weighted by molar-refractivity contribution is 5.78. The van der Waals surface area contributed by atoms with Crippen LogP contribution in [0.5, 0.6) is 5.75 Å². The standard InChI is InChI=1S/C23H29NO3/c1-2-3-4-5-6-7-17-14-19(10-13-25)23-20(18-8-11-24-12-9-18)16-22(26)27-21(23)15-17/h8-9,11-12,14-15,20,25H,2-7,10,13,16H2,1H3. The van der Waals surface area contributed by atoms with E-state index in [1.165, 1.54) is 31.2 Å². The van der Waals surface area contributed by atoms with Crippen molar-refractivity contribution in [2.75, 3.05) is 6.61 Å². The molecular weight excluding hydrogens is 338 g/mol. The number of hydrogen-bond acceptors (Lipinski definition) is 4. The monoisotopic (exact) mass is 367 g/mol. The molecule has 0 amide bonds. The molecule has 0 spiro atoms. The molecule has 1 unspecified atom stereocenters. The summed E-state index contributed by atoms with van der Waals surface area (Å²) in [6.07, 6.45) is 11.5. The number of hydrogen-bond donors (Lipinski definition) is 1. The first-order valence-corrected chi connectivity index (χ1v) is 10.1. The Balaban J connectivity index is 1.89. The SMILES string of the molecule is CCCCCCCc1cc(CCO)c2c(c1)OC(=O)CC2c1ccncc1. The summed E-state index contributed by atoms with van der Waals surface area (Å²) in [7, 11) is 0. The van der Waals surface area contributed by atoms with Gasteiger partial charge in [-0.15, -0.1) is 0 Å². The second-order valence-electron chi connectivity index (χ2n) is 7.32. The van der Waals surface area contributed by atoms with Crippen LogP contribution in [0.4, 0.5) is 0 Å². The molecule has 1 aliphatic heterocycles. The molecule has 1 aromatic carbocycles. The number of carbonyl (C=O) groups is 1. The molecule has 2 aromatic rings. The zero-order valence-corrected chi connectivity index (χ0v) is 16.1. The normalized spacial score (nSPS) is 16.1. The summed E-state index contributed by atoms with van der Waals surface area (Å²) in [6.45, 7) is 2.31. The van der Waals surface area contributed by atoms with Crippen molar-refractivity contribution in [3.8, 4) is 5.75 Å². The quantitative estimate of drug-likeness (QED) is 0.401. The fraction of sp³-hybridized carbons (Fsp3) is 0.478. The predicted molar refractivity (Wildman–Crippen MR) is 106 cm³/mol. The molecule has 1 aromatic heterocycles. The van der Waals surface area contributed by atoms with E-state index in [2.05, 4.69) is 18.0 Å². The summed E-state index contributed by atoms with van der Waals surface area (Å²) in [4.78, 5) is 16.3. The average Bonchev–Trinajstić information content (AvgIpc) is 2.68. The number of aliphatic hydroxyl groups excluding tert-OH is 1. The maximum absolute atomic E-state index is 12.2. The summed E-state index contributed by atoms with van der Waals surface area (Å²) in [5, 5.41) is 9.58. The van der Waals surface area contributed by atoms with Crippen LogP contribution in [0.2, 0.25) is 0 Å². The van der Waals surface area contributed by atoms with Gasteiger partial charge in [-0.3, -0.25) is 9.78 Å². The van der Waals surface area contributed by atoms with Crippen molar-refractivity contribution in [3.63, 3.8) is 0 Å². The molecule has 0 aliphatic carbocycles. The summed E-state index contributed by atoms with van der Waals surface area (Å²) >= 11 is 0. The molecule has 1 atom stereocenters. The highest BCUT2D eigenvalue weighted by Crippen LogP contribution is 2.41. The van der Waals surface area contributed by atoms with E-state index >= 15 is 0 Å². The Labute approximate surface area is 161 Å². The lowest BCUT2D eigenvalue weighted by Crippen LogP contribution is -2.23. The molecule has 1 aliphatic rings. The van der Waals surface area contributed by atoms with E-state index < -0.39 is 0 Å². The zero-order valence-electron chi connectivity index (χ0n) is 16.1. The minimum absolute atomic E-state index is 0.0376. The molecule has 4 heteroatoms. The first-order valence-electron chi connectivity index (χ1n) is 10.1. The van der Waals surface area contributed by atoms with Gasteiger partial charge in [0.05, 0.1) is 6.42 Å². The third-order valence-corrected chi connectivity index (χ3v) is 5.29. The average molecular weight is 367 g/mol. The van der Waals surface area contributed by atoms with Gasteiger partial charge in [-0.2, -0.15) is 0 Å². The van der Waals surface area contributed by atoms with E-state index in [0.717, 1.165) is 29.5 Å². The number of unbranched alkanes of at least 4 members (excludes halogenated alkanes) is 4. The van der Waals surface area contributed by atoms with Crippen LogP contribution in [0.3, 0.4) is 0 Å². The van der Waals surface area contributed by atoms with Crippen molar-refractivity contribution in [1.29, 1.82) is 0 Å². The Morgan fingerprint density at radius 3 is 2.63 bits per heavy atom. The van der Waals surface area contributed by atoms with E-state index in [1.54, 1.807) is 12.4 Å². The van der Waals surface area contributed by atoms with Crippen LogP contribution in [-0.4, -0.2) is 22.7 Å². The van der Waals surface area contributed by atoms with Crippen LogP contribution in [0.1, 0.15) is 73.6 Å². The molecule has 3 rings (SSSR count). The Morgan fingerprint density at radius 2 is 1.89 bits per heavy atom. The highest BCUT2D eigenvalue weighted by atomic mass is 16.5. The Hall–Kier alpha value is -2.20. The number of aryl methyl sites for hydroxylation is 1. The molecule has 27 heavy (non-hydrogen) atoms. The van der Waals surface area contributed by atoms with Gasteiger partial charge < -0.3 is 9.84 Å². The van der Waals surface area contributed by atoms with E-state index in [0.29, 0.717) is 18.6 Å². The fourth-order valence-corrected chi connectivity index (χ4v) is 3.95. The number of carbonyl (C=O) groups excluding carboxylic acids is 1. The molecule has 0 saturated carbocycles. The van der Waals surface area contributed by atoms with Gasteiger partial charge in [0.25, 0.3) is 0 Å². The first-order chi connectivity index (χ1) is 13.2. The number of ether oxygens (including phenoxy) is 1. The Kier molecular flexibility index (Phi) is 6.99. The highest BCUT2D eigenvalue weighted by Gasteiger charge is 2.31. The van der Waals surface area contributed by atoms with Gasteiger partial charge >= 0.3 is 5.97 Å². The van der Waals surface area contributed by atoms with Crippen LogP contribution in [-0.2, 0) is 17.6 Å². The minimum atomic E-state index is -0.195. The van der Waals surface area contributed by atoms with Gasteiger partial charge in [0.1, 0.15) is 5.75 Å². The summed E-state index contributed by atoms with van der Waals surface area (Å²) in [5.74, 6) is 0.436. The van der Waals surface area contributed by atoms with Crippen LogP contribution in [0.25, 0.3) is 0 Å². The van der Waals surface area contributed by atoms with Gasteiger partial charge in [-0.1, -0.05) is 38.7 Å². The van der Waals surface area contributed by atoms with Gasteiger partial charge in [0, 0.05) is 30.5 Å². The largest absolute Gasteiger partial charge is 0.426 e. The van der Waals surface area contributed by atoms with Crippen LogP contribution in [0.15, 0.2) is 36.7 Å². The second-order valence-corrected chi connectivity index (χ2v) is 7.32. The fourth-order valence-electron chi connectivity index (χ4n) is 3.95. The smallest absolute Gasteiger partial charge is 0.312 e. The van der Waals surface area contributed by atoms with Crippen molar-refractivity contribution in [3.05, 3.63) is 58.9 Å². The van der Waals surface area contributed by atoms with E-state index in [-0.39, 0.29) is 18.5 Å². The molecule has 1 N–H and O–H groups in total. The zero-order chi connectivity index (χ0) is 19.1. The topological polar surface area (TPSA) is 59.4 Å². The summed E-state index contributed by atoms with van der Waals surface area (Å²) in [6, 6.07) is 8.14. The maximum Gasteiger partial charge on any atom is 0.312 e.